The van der Waals surface area contributed by atoms with Crippen LogP contribution in [-0.4, -0.2) is 27.8 Å². The lowest BCUT2D eigenvalue weighted by atomic mass is 10.0. The van der Waals surface area contributed by atoms with Gasteiger partial charge in [0.1, 0.15) is 11.8 Å². The second-order valence-electron chi connectivity index (χ2n) is 7.50. The molecule has 9 nitrogen and oxygen atoms in total. The molecule has 2 amide bonds. The van der Waals surface area contributed by atoms with Gasteiger partial charge in [-0.2, -0.15) is 10.4 Å². The van der Waals surface area contributed by atoms with Gasteiger partial charge in [0.05, 0.1) is 15.7 Å². The molecule has 0 atom stereocenters. The molecule has 180 valence electrons. The van der Waals surface area contributed by atoms with E-state index in [9.17, 15) is 9.59 Å². The van der Waals surface area contributed by atoms with Crippen LogP contribution in [0, 0.1) is 11.3 Å². The molecule has 0 fully saturated rings. The van der Waals surface area contributed by atoms with Crippen LogP contribution in [0.15, 0.2) is 72.0 Å². The fraction of sp³-hybridized carbons (Fsp3) is 0.0400. The van der Waals surface area contributed by atoms with Gasteiger partial charge in [-0.3, -0.25) is 15.5 Å². The van der Waals surface area contributed by atoms with Gasteiger partial charge in [0.2, 0.25) is 5.71 Å². The first kappa shape index (κ1) is 24.6. The van der Waals surface area contributed by atoms with Crippen molar-refractivity contribution < 1.29 is 19.4 Å². The molecule has 0 aliphatic heterocycles. The van der Waals surface area contributed by atoms with Crippen LogP contribution in [0.1, 0.15) is 11.1 Å². The summed E-state index contributed by atoms with van der Waals surface area (Å²) in [6.45, 7) is 0. The number of H-pyrrole nitrogens is 1. The lowest BCUT2D eigenvalue weighted by Gasteiger charge is -2.12. The van der Waals surface area contributed by atoms with Crippen molar-refractivity contribution in [2.75, 3.05) is 5.43 Å². The lowest BCUT2D eigenvalue weighted by molar-refractivity contribution is -0.114. The van der Waals surface area contributed by atoms with Crippen LogP contribution in [0.4, 0.5) is 10.5 Å². The third kappa shape index (κ3) is 5.75. The molecule has 4 N–H and O–H groups in total. The quantitative estimate of drug-likeness (QED) is 0.175. The van der Waals surface area contributed by atoms with Crippen LogP contribution < -0.4 is 15.5 Å². The molecule has 1 heterocycles. The van der Waals surface area contributed by atoms with Crippen LogP contribution in [0.5, 0.6) is 11.5 Å². The highest BCUT2D eigenvalue weighted by atomic mass is 35.5. The monoisotopic (exact) mass is 521 g/mol. The Labute approximate surface area is 214 Å². The van der Waals surface area contributed by atoms with Crippen LogP contribution in [0.2, 0.25) is 10.0 Å². The summed E-state index contributed by atoms with van der Waals surface area (Å²) in [5.74, 6) is -0.450. The summed E-state index contributed by atoms with van der Waals surface area (Å²) in [5.41, 5.74) is 5.26. The largest absolute Gasteiger partial charge is 0.465 e. The van der Waals surface area contributed by atoms with Gasteiger partial charge in [0.25, 0.3) is 5.91 Å². The molecule has 0 unspecified atom stereocenters. The van der Waals surface area contributed by atoms with Crippen molar-refractivity contribution in [1.82, 2.24) is 10.3 Å². The SMILES string of the molecule is N#C/C(=N\Nc1cc(Cl)c(Oc2ccc3[nH]cc(Cc4ccccc4)c3c2)c(Cl)c1)C(=O)NC(=O)O. The minimum absolute atomic E-state index is 0.146. The number of hydrogen-bond donors (Lipinski definition) is 4. The van der Waals surface area contributed by atoms with E-state index in [1.807, 2.05) is 36.5 Å². The zero-order valence-electron chi connectivity index (χ0n) is 18.4. The molecule has 4 rings (SSSR count). The number of carbonyl (C=O) groups excluding carboxylic acids is 1. The number of anilines is 1. The Morgan fingerprint density at radius 3 is 2.47 bits per heavy atom. The summed E-state index contributed by atoms with van der Waals surface area (Å²) in [4.78, 5) is 25.5. The number of carboxylic acid groups (broad SMARTS) is 1. The van der Waals surface area contributed by atoms with Crippen LogP contribution in [-0.2, 0) is 11.2 Å². The Bertz CT molecular complexity index is 1500. The first-order chi connectivity index (χ1) is 17.3. The van der Waals surface area contributed by atoms with Crippen LogP contribution in [0.25, 0.3) is 10.9 Å². The van der Waals surface area contributed by atoms with E-state index in [2.05, 4.69) is 27.6 Å². The highest BCUT2D eigenvalue weighted by Gasteiger charge is 2.16. The van der Waals surface area contributed by atoms with E-state index in [1.165, 1.54) is 29.1 Å². The molecule has 3 aromatic carbocycles. The Hall–Kier alpha value is -4.52. The predicted molar refractivity (Wildman–Crippen MR) is 137 cm³/mol. The van der Waals surface area contributed by atoms with Gasteiger partial charge in [0.15, 0.2) is 5.75 Å². The number of nitrogens with zero attached hydrogens (tertiary/aromatic N) is 2. The number of fused-ring (bicyclic) bond motifs is 1. The van der Waals surface area contributed by atoms with Gasteiger partial charge in [0, 0.05) is 17.1 Å². The number of aromatic nitrogens is 1. The number of nitrogens with one attached hydrogen (secondary N) is 3. The Morgan fingerprint density at radius 1 is 1.08 bits per heavy atom. The first-order valence-corrected chi connectivity index (χ1v) is 11.2. The average molecular weight is 522 g/mol. The normalized spacial score (nSPS) is 11.1. The number of amides is 2. The molecule has 0 aliphatic carbocycles. The molecule has 0 radical (unpaired) electrons. The number of carbonyl (C=O) groups is 2. The van der Waals surface area contributed by atoms with E-state index in [1.54, 1.807) is 6.07 Å². The summed E-state index contributed by atoms with van der Waals surface area (Å²) in [6.07, 6.45) is 1.11. The van der Waals surface area contributed by atoms with Crippen molar-refractivity contribution in [2.45, 2.75) is 6.42 Å². The highest BCUT2D eigenvalue weighted by molar-refractivity contribution is 6.46. The second-order valence-corrected chi connectivity index (χ2v) is 8.31. The minimum atomic E-state index is -1.61. The van der Waals surface area contributed by atoms with Gasteiger partial charge < -0.3 is 14.8 Å². The van der Waals surface area contributed by atoms with Gasteiger partial charge >= 0.3 is 6.09 Å². The molecular weight excluding hydrogens is 505 g/mol. The fourth-order valence-electron chi connectivity index (χ4n) is 3.43. The van der Waals surface area contributed by atoms with Crippen LogP contribution in [0.3, 0.4) is 0 Å². The number of ether oxygens (including phenoxy) is 1. The highest BCUT2D eigenvalue weighted by Crippen LogP contribution is 2.39. The number of hydrogen-bond acceptors (Lipinski definition) is 6. The third-order valence-electron chi connectivity index (χ3n) is 5.03. The van der Waals surface area contributed by atoms with Crippen molar-refractivity contribution in [3.05, 3.63) is 88.0 Å². The van der Waals surface area contributed by atoms with E-state index < -0.39 is 17.7 Å². The van der Waals surface area contributed by atoms with E-state index in [-0.39, 0.29) is 21.5 Å². The maximum atomic E-state index is 11.6. The van der Waals surface area contributed by atoms with E-state index >= 15 is 0 Å². The fourth-order valence-corrected chi connectivity index (χ4v) is 3.99. The minimum Gasteiger partial charge on any atom is -0.465 e. The number of benzene rings is 3. The molecule has 0 saturated heterocycles. The Balaban J connectivity index is 1.54. The molecule has 1 aromatic heterocycles. The molecule has 0 aliphatic rings. The van der Waals surface area contributed by atoms with Crippen molar-refractivity contribution >= 4 is 57.5 Å². The Morgan fingerprint density at radius 2 is 1.81 bits per heavy atom. The van der Waals surface area contributed by atoms with Crippen molar-refractivity contribution in [1.29, 1.82) is 5.26 Å². The predicted octanol–water partition coefficient (Wildman–Crippen LogP) is 5.94. The average Bonchev–Trinajstić information content (AvgIpc) is 3.24. The molecule has 0 bridgehead atoms. The second kappa shape index (κ2) is 10.8. The number of halogens is 2. The maximum absolute atomic E-state index is 11.6. The molecule has 0 saturated carbocycles. The zero-order valence-corrected chi connectivity index (χ0v) is 19.9. The van der Waals surface area contributed by atoms with Crippen molar-refractivity contribution in [3.8, 4) is 17.6 Å². The van der Waals surface area contributed by atoms with E-state index in [0.717, 1.165) is 22.9 Å². The van der Waals surface area contributed by atoms with Crippen LogP contribution >= 0.6 is 23.2 Å². The molecule has 0 spiro atoms. The Kier molecular flexibility index (Phi) is 7.39. The van der Waals surface area contributed by atoms with Gasteiger partial charge in [-0.05, 0) is 47.9 Å². The molecular formula is C25H17Cl2N5O4. The molecule has 11 heteroatoms. The zero-order chi connectivity index (χ0) is 25.7. The smallest absolute Gasteiger partial charge is 0.411 e. The molecule has 4 aromatic rings. The third-order valence-corrected chi connectivity index (χ3v) is 5.59. The number of aromatic amines is 1. The number of hydrazone groups is 1. The van der Waals surface area contributed by atoms with Gasteiger partial charge in [-0.25, -0.2) is 4.79 Å². The topological polar surface area (TPSA) is 140 Å². The summed E-state index contributed by atoms with van der Waals surface area (Å²) >= 11 is 12.7. The number of rotatable bonds is 7. The summed E-state index contributed by atoms with van der Waals surface area (Å²) in [6, 6.07) is 20.1. The van der Waals surface area contributed by atoms with Gasteiger partial charge in [-0.1, -0.05) is 53.5 Å². The number of nitriles is 1. The van der Waals surface area contributed by atoms with Crippen molar-refractivity contribution in [2.24, 2.45) is 5.10 Å². The summed E-state index contributed by atoms with van der Waals surface area (Å²) in [5, 5.41) is 24.0. The maximum Gasteiger partial charge on any atom is 0.411 e. The first-order valence-electron chi connectivity index (χ1n) is 10.4. The van der Waals surface area contributed by atoms with Crippen molar-refractivity contribution in [3.63, 3.8) is 0 Å². The summed E-state index contributed by atoms with van der Waals surface area (Å²) < 4.78 is 5.98. The number of imide groups is 1. The lowest BCUT2D eigenvalue weighted by Crippen LogP contribution is -2.34. The standard InChI is InChI=1S/C25H17Cl2N5O4/c26-19-9-16(31-32-22(12-28)24(33)30-25(34)35)10-20(27)23(19)36-17-6-7-21-18(11-17)15(13-29-21)8-14-4-2-1-3-5-14/h1-7,9-11,13,29,31H,8H2,(H,30,33)(H,34,35)/b32-22+. The molecule has 36 heavy (non-hydrogen) atoms. The van der Waals surface area contributed by atoms with E-state index in [4.69, 9.17) is 38.3 Å². The van der Waals surface area contributed by atoms with Gasteiger partial charge in [-0.15, -0.1) is 0 Å². The van der Waals surface area contributed by atoms with E-state index in [0.29, 0.717) is 5.75 Å². The summed E-state index contributed by atoms with van der Waals surface area (Å²) in [7, 11) is 0.